The highest BCUT2D eigenvalue weighted by atomic mass is 28.5. The van der Waals surface area contributed by atoms with Gasteiger partial charge in [0.15, 0.2) is 23.0 Å². The van der Waals surface area contributed by atoms with Crippen LogP contribution in [-0.2, 0) is 39.3 Å². The highest BCUT2D eigenvalue weighted by Crippen LogP contribution is 2.32. The minimum atomic E-state index is -2.41. The van der Waals surface area contributed by atoms with Crippen LogP contribution in [-0.4, -0.2) is 96.3 Å². The lowest BCUT2D eigenvalue weighted by Gasteiger charge is -2.37. The zero-order valence-electron chi connectivity index (χ0n) is 28.9. The fourth-order valence-electron chi connectivity index (χ4n) is 5.93. The molecule has 2 aromatic rings. The maximum atomic E-state index is 10.7. The molecule has 4 unspecified atom stereocenters. The van der Waals surface area contributed by atoms with Crippen molar-refractivity contribution in [3.05, 3.63) is 47.5 Å². The minimum absolute atomic E-state index is 0.0784. The molecule has 2 saturated heterocycles. The van der Waals surface area contributed by atoms with Gasteiger partial charge in [-0.2, -0.15) is 0 Å². The summed E-state index contributed by atoms with van der Waals surface area (Å²) in [6.07, 6.45) is 2.01. The van der Waals surface area contributed by atoms with E-state index in [4.69, 9.17) is 42.4 Å². The van der Waals surface area contributed by atoms with Crippen LogP contribution < -0.4 is 9.47 Å². The fourth-order valence-corrected chi connectivity index (χ4v) is 35.3. The molecule has 12 nitrogen and oxygen atoms in total. The molecule has 2 N–H and O–H groups in total. The number of hydrogen-bond donors (Lipinski definition) is 2. The van der Waals surface area contributed by atoms with E-state index in [0.717, 1.165) is 36.1 Å². The smallest absolute Gasteiger partial charge is 0.317 e. The van der Waals surface area contributed by atoms with E-state index in [1.54, 1.807) is 24.3 Å². The SMILES string of the molecule is C[SiH]1O[SiH](C)O[Si](C)(CCCOc2ccc(Cc3ccc(OCCC[Si]4(C)O[SiH](C)O[SiH](C)O[SiH](C)O4)c(O)c3)cc2O)O[SiH](C)O1. The van der Waals surface area contributed by atoms with Gasteiger partial charge in [0, 0.05) is 0 Å². The molecule has 0 spiro atoms. The normalized spacial score (nSPS) is 32.1. The molecule has 0 amide bonds. The molecule has 264 valence electrons. The van der Waals surface area contributed by atoms with E-state index in [1.807, 2.05) is 51.4 Å². The van der Waals surface area contributed by atoms with Crippen LogP contribution in [0.4, 0.5) is 0 Å². The molecule has 0 bridgehead atoms. The number of phenolic OH excluding ortho intramolecular Hbond substituents is 2. The topological polar surface area (TPSA) is 133 Å². The van der Waals surface area contributed by atoms with E-state index < -0.39 is 72.8 Å². The van der Waals surface area contributed by atoms with Crippen molar-refractivity contribution in [3.8, 4) is 23.0 Å². The lowest BCUT2D eigenvalue weighted by atomic mass is 10.0. The van der Waals surface area contributed by atoms with Crippen molar-refractivity contribution in [2.24, 2.45) is 0 Å². The van der Waals surface area contributed by atoms with Gasteiger partial charge in [-0.15, -0.1) is 0 Å². The molecule has 0 saturated carbocycles. The number of rotatable bonds is 12. The summed E-state index contributed by atoms with van der Waals surface area (Å²) in [6.45, 7) is 17.2. The molecule has 4 rings (SSSR count). The summed E-state index contributed by atoms with van der Waals surface area (Å²) >= 11 is 0. The average molecular weight is 793 g/mol. The van der Waals surface area contributed by atoms with Gasteiger partial charge >= 0.3 is 17.1 Å². The lowest BCUT2D eigenvalue weighted by Crippen LogP contribution is -2.53. The van der Waals surface area contributed by atoms with Gasteiger partial charge in [0.05, 0.1) is 13.2 Å². The summed E-state index contributed by atoms with van der Waals surface area (Å²) in [4.78, 5) is 0. The standard InChI is InChI=1S/C27H52O12Si8/c1-40-32-42(3)36-46(7,37-43(4)33-40)17-9-15-30-26-13-11-22(20-24(26)28)19-23-12-14-27(25(29)21-23)31-16-10-18-47(8)38-44(5)34-41(2)35-45(6)39-47/h11-14,20-21,28-29,40-45H,9-10,15-19H2,1-8H3. The first kappa shape index (κ1) is 38.9. The zero-order chi connectivity index (χ0) is 34.2. The van der Waals surface area contributed by atoms with Gasteiger partial charge < -0.3 is 52.6 Å². The Morgan fingerprint density at radius 1 is 0.553 bits per heavy atom. The molecule has 2 aliphatic heterocycles. The second kappa shape index (κ2) is 17.8. The fraction of sp³-hybridized carbons (Fsp3) is 0.556. The molecular formula is C27H52O12Si8. The van der Waals surface area contributed by atoms with E-state index in [9.17, 15) is 10.2 Å². The Labute approximate surface area is 291 Å². The summed E-state index contributed by atoms with van der Waals surface area (Å²) in [5.41, 5.74) is 1.79. The van der Waals surface area contributed by atoms with Crippen LogP contribution >= 0.6 is 0 Å². The summed E-state index contributed by atoms with van der Waals surface area (Å²) in [5.74, 6) is 1.02. The second-order valence-electron chi connectivity index (χ2n) is 12.4. The van der Waals surface area contributed by atoms with Gasteiger partial charge in [0.1, 0.15) is 0 Å². The number of ether oxygens (including phenoxy) is 2. The van der Waals surface area contributed by atoms with Crippen LogP contribution in [0.15, 0.2) is 36.4 Å². The molecule has 0 radical (unpaired) electrons. The number of benzene rings is 2. The van der Waals surface area contributed by atoms with E-state index in [-0.39, 0.29) is 11.5 Å². The van der Waals surface area contributed by atoms with Gasteiger partial charge in [-0.05, 0) is 119 Å². The van der Waals surface area contributed by atoms with Gasteiger partial charge in [-0.3, -0.25) is 0 Å². The monoisotopic (exact) mass is 792 g/mol. The first-order valence-corrected chi connectivity index (χ1v) is 34.1. The maximum absolute atomic E-state index is 10.7. The molecule has 2 fully saturated rings. The third-order valence-electron chi connectivity index (χ3n) is 7.71. The molecule has 0 aliphatic carbocycles. The van der Waals surface area contributed by atoms with Crippen LogP contribution in [0.2, 0.25) is 64.5 Å². The molecule has 47 heavy (non-hydrogen) atoms. The predicted molar refractivity (Wildman–Crippen MR) is 199 cm³/mol. The van der Waals surface area contributed by atoms with Crippen LogP contribution in [0, 0.1) is 0 Å². The maximum Gasteiger partial charge on any atom is 0.317 e. The summed E-state index contributed by atoms with van der Waals surface area (Å²) in [5, 5.41) is 21.3. The highest BCUT2D eigenvalue weighted by molar-refractivity contribution is 6.82. The second-order valence-corrected chi connectivity index (χ2v) is 32.8. The Hall–Kier alpha value is -0.945. The van der Waals surface area contributed by atoms with E-state index >= 15 is 0 Å². The molecule has 2 aromatic carbocycles. The molecule has 20 heteroatoms. The Morgan fingerprint density at radius 3 is 1.21 bits per heavy atom. The third-order valence-corrected chi connectivity index (χ3v) is 35.8. The molecule has 4 atom stereocenters. The van der Waals surface area contributed by atoms with E-state index in [2.05, 4.69) is 13.1 Å². The first-order valence-electron chi connectivity index (χ1n) is 16.4. The zero-order valence-corrected chi connectivity index (χ0v) is 37.8. The van der Waals surface area contributed by atoms with Crippen LogP contribution in [0.3, 0.4) is 0 Å². The Balaban J connectivity index is 1.22. The van der Waals surface area contributed by atoms with Crippen molar-refractivity contribution in [2.75, 3.05) is 13.2 Å². The van der Waals surface area contributed by atoms with Crippen molar-refractivity contribution in [1.82, 2.24) is 0 Å². The van der Waals surface area contributed by atoms with Crippen molar-refractivity contribution < 1.29 is 52.6 Å². The average Bonchev–Trinajstić information content (AvgIpc) is 2.93. The van der Waals surface area contributed by atoms with E-state index in [1.165, 1.54) is 0 Å². The summed E-state index contributed by atoms with van der Waals surface area (Å²) in [6, 6.07) is 12.3. The van der Waals surface area contributed by atoms with Crippen molar-refractivity contribution in [2.45, 2.75) is 83.7 Å². The van der Waals surface area contributed by atoms with Gasteiger partial charge in [-0.1, -0.05) is 12.1 Å². The Bertz CT molecular complexity index is 1170. The number of aromatic hydroxyl groups is 2. The van der Waals surface area contributed by atoms with Crippen molar-refractivity contribution in [1.29, 1.82) is 0 Å². The third kappa shape index (κ3) is 12.7. The summed E-state index contributed by atoms with van der Waals surface area (Å²) < 4.78 is 61.1. The van der Waals surface area contributed by atoms with Crippen molar-refractivity contribution >= 4 is 72.8 Å². The first-order chi connectivity index (χ1) is 22.2. The van der Waals surface area contributed by atoms with Gasteiger partial charge in [0.25, 0.3) is 55.7 Å². The van der Waals surface area contributed by atoms with Crippen molar-refractivity contribution in [3.63, 3.8) is 0 Å². The molecule has 2 heterocycles. The lowest BCUT2D eigenvalue weighted by molar-refractivity contribution is 0.262. The predicted octanol–water partition coefficient (Wildman–Crippen LogP) is 3.63. The van der Waals surface area contributed by atoms with Crippen LogP contribution in [0.25, 0.3) is 0 Å². The van der Waals surface area contributed by atoms with Gasteiger partial charge in [0.2, 0.25) is 0 Å². The Morgan fingerprint density at radius 2 is 0.894 bits per heavy atom. The molecule has 0 aromatic heterocycles. The quantitative estimate of drug-likeness (QED) is 0.241. The van der Waals surface area contributed by atoms with Crippen LogP contribution in [0.5, 0.6) is 23.0 Å². The Kier molecular flexibility index (Phi) is 14.7. The highest BCUT2D eigenvalue weighted by Gasteiger charge is 2.40. The largest absolute Gasteiger partial charge is 0.504 e. The van der Waals surface area contributed by atoms with Gasteiger partial charge in [-0.25, -0.2) is 0 Å². The summed E-state index contributed by atoms with van der Waals surface area (Å²) in [7, 11) is -15.3. The van der Waals surface area contributed by atoms with Crippen LogP contribution in [0.1, 0.15) is 24.0 Å². The number of phenols is 2. The van der Waals surface area contributed by atoms with E-state index in [0.29, 0.717) is 31.1 Å². The number of hydrogen-bond acceptors (Lipinski definition) is 12. The molecular weight excluding hydrogens is 741 g/mol. The minimum Gasteiger partial charge on any atom is -0.504 e. The molecule has 2 aliphatic rings.